The number of anilines is 2. The minimum absolute atomic E-state index is 0.0485. The Bertz CT molecular complexity index is 1180. The van der Waals surface area contributed by atoms with E-state index in [-0.39, 0.29) is 27.3 Å². The van der Waals surface area contributed by atoms with Gasteiger partial charge in [0.2, 0.25) is 5.91 Å². The predicted molar refractivity (Wildman–Crippen MR) is 117 cm³/mol. The van der Waals surface area contributed by atoms with Gasteiger partial charge < -0.3 is 5.32 Å². The van der Waals surface area contributed by atoms with Crippen molar-refractivity contribution < 1.29 is 17.6 Å². The number of nitrogens with one attached hydrogen (secondary N) is 2. The highest BCUT2D eigenvalue weighted by Crippen LogP contribution is 2.24. The number of carbonyl (C=O) groups excluding carboxylic acids is 1. The number of carbonyl (C=O) groups is 1. The molecule has 0 unspecified atom stereocenters. The third-order valence-electron chi connectivity index (χ3n) is 4.19. The SMILES string of the molecule is Cc1ccc(F)cc1NC(=O)Cc1ccc(NS(=O)(=O)c2cc(Cl)cc(Cl)c2)cc1. The number of rotatable bonds is 6. The van der Waals surface area contributed by atoms with Crippen LogP contribution in [0.3, 0.4) is 0 Å². The summed E-state index contributed by atoms with van der Waals surface area (Å²) in [4.78, 5) is 12.2. The third kappa shape index (κ3) is 5.72. The van der Waals surface area contributed by atoms with Crippen LogP contribution in [0.15, 0.2) is 65.6 Å². The van der Waals surface area contributed by atoms with Crippen molar-refractivity contribution in [2.45, 2.75) is 18.2 Å². The smallest absolute Gasteiger partial charge is 0.261 e. The van der Waals surface area contributed by atoms with Crippen LogP contribution in [0.4, 0.5) is 15.8 Å². The maximum Gasteiger partial charge on any atom is 0.261 e. The molecule has 3 aromatic rings. The second kappa shape index (κ2) is 9.04. The van der Waals surface area contributed by atoms with Gasteiger partial charge in [0.05, 0.1) is 11.3 Å². The zero-order valence-electron chi connectivity index (χ0n) is 15.7. The fraction of sp³-hybridized carbons (Fsp3) is 0.0952. The molecule has 156 valence electrons. The zero-order chi connectivity index (χ0) is 21.9. The van der Waals surface area contributed by atoms with E-state index in [1.54, 1.807) is 37.3 Å². The molecular weight excluding hydrogens is 450 g/mol. The molecule has 0 spiro atoms. The largest absolute Gasteiger partial charge is 0.325 e. The lowest BCUT2D eigenvalue weighted by Crippen LogP contribution is -2.15. The maximum absolute atomic E-state index is 13.3. The molecule has 30 heavy (non-hydrogen) atoms. The van der Waals surface area contributed by atoms with Crippen molar-refractivity contribution in [3.63, 3.8) is 0 Å². The molecule has 0 fully saturated rings. The standard InChI is InChI=1S/C21H17Cl2FN2O3S/c1-13-2-5-17(24)12-20(13)25-21(27)8-14-3-6-18(7-4-14)26-30(28,29)19-10-15(22)9-16(23)11-19/h2-7,9-12,26H,8H2,1H3,(H,25,27). The molecule has 0 atom stereocenters. The van der Waals surface area contributed by atoms with E-state index in [2.05, 4.69) is 10.0 Å². The lowest BCUT2D eigenvalue weighted by Gasteiger charge is -2.11. The second-order valence-corrected chi connectivity index (χ2v) is 9.15. The summed E-state index contributed by atoms with van der Waals surface area (Å²) in [7, 11) is -3.88. The molecule has 0 heterocycles. The van der Waals surface area contributed by atoms with Crippen LogP contribution in [0.1, 0.15) is 11.1 Å². The molecule has 1 amide bonds. The Labute approximate surface area is 183 Å². The molecule has 3 aromatic carbocycles. The van der Waals surface area contributed by atoms with Crippen molar-refractivity contribution in [2.24, 2.45) is 0 Å². The minimum atomic E-state index is -3.88. The van der Waals surface area contributed by atoms with Crippen LogP contribution in [0.5, 0.6) is 0 Å². The molecule has 3 rings (SSSR count). The first-order valence-corrected chi connectivity index (χ1v) is 11.0. The van der Waals surface area contributed by atoms with Crippen LogP contribution < -0.4 is 10.0 Å². The van der Waals surface area contributed by atoms with Gasteiger partial charge in [0.1, 0.15) is 5.82 Å². The van der Waals surface area contributed by atoms with Crippen LogP contribution >= 0.6 is 23.2 Å². The summed E-state index contributed by atoms with van der Waals surface area (Å²) in [6, 6.07) is 14.5. The minimum Gasteiger partial charge on any atom is -0.325 e. The summed E-state index contributed by atoms with van der Waals surface area (Å²) < 4.78 is 40.8. The van der Waals surface area contributed by atoms with E-state index in [1.165, 1.54) is 30.3 Å². The molecule has 0 saturated carbocycles. The highest BCUT2D eigenvalue weighted by molar-refractivity contribution is 7.92. The van der Waals surface area contributed by atoms with Crippen LogP contribution in [-0.4, -0.2) is 14.3 Å². The Morgan fingerprint density at radius 1 is 0.967 bits per heavy atom. The van der Waals surface area contributed by atoms with Crippen LogP contribution in [0.25, 0.3) is 0 Å². The van der Waals surface area contributed by atoms with Gasteiger partial charge in [-0.05, 0) is 60.5 Å². The average Bonchev–Trinajstić information content (AvgIpc) is 2.65. The number of amides is 1. The Kier molecular flexibility index (Phi) is 6.65. The van der Waals surface area contributed by atoms with Gasteiger partial charge in [0, 0.05) is 21.4 Å². The molecule has 0 saturated heterocycles. The molecule has 0 bridgehead atoms. The molecular formula is C21H17Cl2FN2O3S. The van der Waals surface area contributed by atoms with Crippen LogP contribution in [0.2, 0.25) is 10.0 Å². The van der Waals surface area contributed by atoms with E-state index in [0.29, 0.717) is 16.9 Å². The second-order valence-electron chi connectivity index (χ2n) is 6.59. The monoisotopic (exact) mass is 466 g/mol. The Hall–Kier alpha value is -2.61. The molecule has 9 heteroatoms. The van der Waals surface area contributed by atoms with Gasteiger partial charge in [-0.25, -0.2) is 12.8 Å². The fourth-order valence-corrected chi connectivity index (χ4v) is 4.48. The summed E-state index contributed by atoms with van der Waals surface area (Å²) in [5.74, 6) is -0.751. The normalized spacial score (nSPS) is 11.2. The Balaban J connectivity index is 1.67. The first kappa shape index (κ1) is 22.1. The molecule has 0 aliphatic heterocycles. The van der Waals surface area contributed by atoms with Crippen LogP contribution in [0, 0.1) is 12.7 Å². The highest BCUT2D eigenvalue weighted by Gasteiger charge is 2.16. The zero-order valence-corrected chi connectivity index (χ0v) is 18.1. The predicted octanol–water partition coefficient (Wildman–Crippen LogP) is 5.42. The van der Waals surface area contributed by atoms with Crippen molar-refractivity contribution >= 4 is 50.5 Å². The van der Waals surface area contributed by atoms with Gasteiger partial charge in [-0.2, -0.15) is 0 Å². The van der Waals surface area contributed by atoms with Gasteiger partial charge >= 0.3 is 0 Å². The average molecular weight is 467 g/mol. The molecule has 5 nitrogen and oxygen atoms in total. The van der Waals surface area contributed by atoms with Crippen molar-refractivity contribution in [1.29, 1.82) is 0 Å². The number of aryl methyl sites for hydroxylation is 1. The van der Waals surface area contributed by atoms with Gasteiger partial charge in [0.15, 0.2) is 0 Å². The molecule has 0 aliphatic carbocycles. The summed E-state index contributed by atoms with van der Waals surface area (Å²) in [5.41, 5.74) is 2.13. The number of halogens is 3. The number of hydrogen-bond acceptors (Lipinski definition) is 3. The Morgan fingerprint density at radius 2 is 1.60 bits per heavy atom. The highest BCUT2D eigenvalue weighted by atomic mass is 35.5. The van der Waals surface area contributed by atoms with E-state index >= 15 is 0 Å². The summed E-state index contributed by atoms with van der Waals surface area (Å²) in [6.07, 6.45) is 0.0485. The molecule has 2 N–H and O–H groups in total. The number of sulfonamides is 1. The van der Waals surface area contributed by atoms with Crippen molar-refractivity contribution in [1.82, 2.24) is 0 Å². The van der Waals surface area contributed by atoms with Crippen LogP contribution in [-0.2, 0) is 21.2 Å². The summed E-state index contributed by atoms with van der Waals surface area (Å²) in [5, 5.41) is 3.08. The Morgan fingerprint density at radius 3 is 2.23 bits per heavy atom. The summed E-state index contributed by atoms with van der Waals surface area (Å²) >= 11 is 11.7. The molecule has 0 radical (unpaired) electrons. The van der Waals surface area contributed by atoms with Gasteiger partial charge in [0.25, 0.3) is 10.0 Å². The summed E-state index contributed by atoms with van der Waals surface area (Å²) in [6.45, 7) is 1.77. The first-order chi connectivity index (χ1) is 14.1. The molecule has 0 aromatic heterocycles. The third-order valence-corrected chi connectivity index (χ3v) is 5.99. The number of hydrogen-bond donors (Lipinski definition) is 2. The quantitative estimate of drug-likeness (QED) is 0.508. The van der Waals surface area contributed by atoms with Gasteiger partial charge in [-0.3, -0.25) is 9.52 Å². The first-order valence-electron chi connectivity index (χ1n) is 8.76. The molecule has 0 aliphatic rings. The fourth-order valence-electron chi connectivity index (χ4n) is 2.70. The topological polar surface area (TPSA) is 75.3 Å². The van der Waals surface area contributed by atoms with Crippen molar-refractivity contribution in [3.05, 3.63) is 87.7 Å². The lowest BCUT2D eigenvalue weighted by molar-refractivity contribution is -0.115. The van der Waals surface area contributed by atoms with E-state index in [4.69, 9.17) is 23.2 Å². The van der Waals surface area contributed by atoms with Gasteiger partial charge in [-0.1, -0.05) is 41.4 Å². The van der Waals surface area contributed by atoms with Gasteiger partial charge in [-0.15, -0.1) is 0 Å². The van der Waals surface area contributed by atoms with Crippen molar-refractivity contribution in [2.75, 3.05) is 10.0 Å². The number of benzene rings is 3. The van der Waals surface area contributed by atoms with E-state index in [0.717, 1.165) is 5.56 Å². The van der Waals surface area contributed by atoms with E-state index in [1.807, 2.05) is 0 Å². The van der Waals surface area contributed by atoms with E-state index < -0.39 is 15.8 Å². The maximum atomic E-state index is 13.3. The lowest BCUT2D eigenvalue weighted by atomic mass is 10.1. The van der Waals surface area contributed by atoms with E-state index in [9.17, 15) is 17.6 Å². The van der Waals surface area contributed by atoms with Crippen molar-refractivity contribution in [3.8, 4) is 0 Å².